The molecule has 0 unspecified atom stereocenters. The Kier molecular flexibility index (Phi) is 30.3. The highest BCUT2D eigenvalue weighted by molar-refractivity contribution is 5.88. The minimum atomic E-state index is -0.314. The summed E-state index contributed by atoms with van der Waals surface area (Å²) in [6.45, 7) is 13.0. The minimum absolute atomic E-state index is 0.111. The number of esters is 1. The Morgan fingerprint density at radius 1 is 0.426 bits per heavy atom. The average Bonchev–Trinajstić information content (AvgIpc) is 3.05. The van der Waals surface area contributed by atoms with Crippen molar-refractivity contribution in [3.63, 3.8) is 0 Å². The molecule has 0 aliphatic heterocycles. The van der Waals surface area contributed by atoms with Crippen molar-refractivity contribution in [1.29, 1.82) is 0 Å². The number of ether oxygens (including phenoxy) is 12. The van der Waals surface area contributed by atoms with Crippen molar-refractivity contribution in [1.82, 2.24) is 0 Å². The van der Waals surface area contributed by atoms with Gasteiger partial charge in [0.2, 0.25) is 5.91 Å². The fourth-order valence-corrected chi connectivity index (χ4v) is 3.38. The maximum absolute atomic E-state index is 11.0. The van der Waals surface area contributed by atoms with E-state index in [1.54, 1.807) is 24.3 Å². The van der Waals surface area contributed by atoms with Crippen molar-refractivity contribution < 1.29 is 66.4 Å². The van der Waals surface area contributed by atoms with Crippen LogP contribution < -0.4 is 10.1 Å². The average molecular weight is 678 g/mol. The van der Waals surface area contributed by atoms with E-state index in [1.807, 2.05) is 0 Å². The number of rotatable bonds is 35. The van der Waals surface area contributed by atoms with Gasteiger partial charge in [-0.2, -0.15) is 0 Å². The van der Waals surface area contributed by atoms with Gasteiger partial charge in [0.05, 0.1) is 132 Å². The van der Waals surface area contributed by atoms with Crippen LogP contribution in [0.4, 0.5) is 5.69 Å². The molecular weight excluding hydrogens is 622 g/mol. The summed E-state index contributed by atoms with van der Waals surface area (Å²) >= 11 is 0. The highest BCUT2D eigenvalue weighted by Crippen LogP contribution is 2.15. The van der Waals surface area contributed by atoms with Crippen LogP contribution >= 0.6 is 0 Å². The van der Waals surface area contributed by atoms with Crippen molar-refractivity contribution in [2.75, 3.05) is 151 Å². The van der Waals surface area contributed by atoms with Gasteiger partial charge in [0.25, 0.3) is 0 Å². The first-order valence-corrected chi connectivity index (χ1v) is 16.0. The van der Waals surface area contributed by atoms with Crippen LogP contribution in [0.5, 0.6) is 5.75 Å². The summed E-state index contributed by atoms with van der Waals surface area (Å²) < 4.78 is 64.7. The molecule has 0 atom stereocenters. The van der Waals surface area contributed by atoms with Gasteiger partial charge in [-0.05, 0) is 24.3 Å². The van der Waals surface area contributed by atoms with E-state index in [4.69, 9.17) is 56.8 Å². The smallest absolute Gasteiger partial charge is 0.302 e. The zero-order valence-electron chi connectivity index (χ0n) is 28.1. The fourth-order valence-electron chi connectivity index (χ4n) is 3.38. The standard InChI is InChI=1S/C32H55NO14/c1-29(34)33-31-3-5-32(6-4-31)47-28-26-45-24-22-43-20-18-41-16-14-39-12-10-37-8-7-36-9-11-38-13-15-40-17-19-42-21-23-44-25-27-46-30(2)35/h3-6H,7-28H2,1-2H3,(H,33,34). The monoisotopic (exact) mass is 677 g/mol. The third-order valence-corrected chi connectivity index (χ3v) is 5.55. The predicted octanol–water partition coefficient (Wildman–Crippen LogP) is 1.75. The van der Waals surface area contributed by atoms with Crippen molar-refractivity contribution in [2.45, 2.75) is 13.8 Å². The Balaban J connectivity index is 1.66. The van der Waals surface area contributed by atoms with E-state index >= 15 is 0 Å². The molecule has 1 aromatic rings. The van der Waals surface area contributed by atoms with Gasteiger partial charge in [-0.15, -0.1) is 0 Å². The van der Waals surface area contributed by atoms with Gasteiger partial charge in [-0.3, -0.25) is 9.59 Å². The van der Waals surface area contributed by atoms with Crippen molar-refractivity contribution in [2.24, 2.45) is 0 Å². The molecule has 272 valence electrons. The van der Waals surface area contributed by atoms with E-state index in [-0.39, 0.29) is 18.5 Å². The second-order valence-electron chi connectivity index (χ2n) is 9.52. The molecule has 1 amide bonds. The van der Waals surface area contributed by atoms with Crippen LogP contribution in [-0.4, -0.2) is 157 Å². The molecule has 15 heteroatoms. The summed E-state index contributed by atoms with van der Waals surface area (Å²) in [6.07, 6.45) is 0. The number of hydrogen-bond acceptors (Lipinski definition) is 14. The molecule has 0 saturated heterocycles. The highest BCUT2D eigenvalue weighted by Gasteiger charge is 1.99. The van der Waals surface area contributed by atoms with Crippen molar-refractivity contribution in [3.8, 4) is 5.75 Å². The Labute approximate surface area is 278 Å². The topological polar surface area (TPSA) is 157 Å². The van der Waals surface area contributed by atoms with Gasteiger partial charge in [0.1, 0.15) is 19.0 Å². The molecule has 0 fully saturated rings. The van der Waals surface area contributed by atoms with Crippen molar-refractivity contribution >= 4 is 17.6 Å². The molecule has 0 radical (unpaired) electrons. The molecule has 1 aromatic carbocycles. The number of amides is 1. The van der Waals surface area contributed by atoms with E-state index in [9.17, 15) is 9.59 Å². The first-order chi connectivity index (χ1) is 23.1. The summed E-state index contributed by atoms with van der Waals surface area (Å²) in [4.78, 5) is 21.6. The number of nitrogens with one attached hydrogen (secondary N) is 1. The van der Waals surface area contributed by atoms with E-state index in [2.05, 4.69) is 5.32 Å². The number of carbonyl (C=O) groups is 2. The van der Waals surface area contributed by atoms with Crippen LogP contribution in [0.1, 0.15) is 13.8 Å². The molecule has 0 heterocycles. The maximum Gasteiger partial charge on any atom is 0.302 e. The highest BCUT2D eigenvalue weighted by atomic mass is 16.6. The second kappa shape index (κ2) is 33.5. The van der Waals surface area contributed by atoms with Crippen LogP contribution in [0.3, 0.4) is 0 Å². The lowest BCUT2D eigenvalue weighted by atomic mass is 10.3. The first kappa shape index (κ1) is 42.6. The van der Waals surface area contributed by atoms with E-state index < -0.39 is 0 Å². The molecule has 0 saturated carbocycles. The van der Waals surface area contributed by atoms with E-state index in [1.165, 1.54) is 13.8 Å². The number of carbonyl (C=O) groups excluding carboxylic acids is 2. The van der Waals surface area contributed by atoms with Gasteiger partial charge in [0, 0.05) is 19.5 Å². The first-order valence-electron chi connectivity index (χ1n) is 16.0. The summed E-state index contributed by atoms with van der Waals surface area (Å²) in [7, 11) is 0. The summed E-state index contributed by atoms with van der Waals surface area (Å²) in [5, 5.41) is 2.71. The lowest BCUT2D eigenvalue weighted by molar-refractivity contribution is -0.142. The van der Waals surface area contributed by atoms with Crippen LogP contribution in [-0.2, 0) is 61.7 Å². The Hall–Kier alpha value is -2.44. The third-order valence-electron chi connectivity index (χ3n) is 5.55. The molecule has 0 aromatic heterocycles. The Bertz CT molecular complexity index is 846. The van der Waals surface area contributed by atoms with Gasteiger partial charge in [-0.25, -0.2) is 0 Å². The SMILES string of the molecule is CC(=O)Nc1ccc(OCCOCCOCCOCCOCCOCCOCCOCCOCCOCCOCCOC(C)=O)cc1. The largest absolute Gasteiger partial charge is 0.491 e. The van der Waals surface area contributed by atoms with Crippen LogP contribution in [0.2, 0.25) is 0 Å². The zero-order valence-corrected chi connectivity index (χ0v) is 28.1. The Morgan fingerprint density at radius 3 is 0.979 bits per heavy atom. The number of anilines is 1. The van der Waals surface area contributed by atoms with Gasteiger partial charge in [-0.1, -0.05) is 0 Å². The molecule has 0 aliphatic carbocycles. The molecule has 1 rings (SSSR count). The predicted molar refractivity (Wildman–Crippen MR) is 171 cm³/mol. The molecule has 0 spiro atoms. The second-order valence-corrected chi connectivity index (χ2v) is 9.52. The molecule has 15 nitrogen and oxygen atoms in total. The van der Waals surface area contributed by atoms with E-state index in [0.29, 0.717) is 144 Å². The number of benzene rings is 1. The van der Waals surface area contributed by atoms with Crippen molar-refractivity contribution in [3.05, 3.63) is 24.3 Å². The third kappa shape index (κ3) is 31.9. The molecule has 47 heavy (non-hydrogen) atoms. The number of hydrogen-bond donors (Lipinski definition) is 1. The summed E-state index contributed by atoms with van der Waals surface area (Å²) in [5.74, 6) is 0.288. The lowest BCUT2D eigenvalue weighted by Gasteiger charge is -2.09. The quantitative estimate of drug-likeness (QED) is 0.0819. The van der Waals surface area contributed by atoms with Gasteiger partial charge >= 0.3 is 5.97 Å². The van der Waals surface area contributed by atoms with Crippen LogP contribution in [0.25, 0.3) is 0 Å². The Morgan fingerprint density at radius 2 is 0.702 bits per heavy atom. The summed E-state index contributed by atoms with van der Waals surface area (Å²) in [5.41, 5.74) is 0.728. The normalized spacial score (nSPS) is 11.1. The fraction of sp³-hybridized carbons (Fsp3) is 0.750. The zero-order chi connectivity index (χ0) is 33.9. The molecule has 0 aliphatic rings. The van der Waals surface area contributed by atoms with Crippen LogP contribution in [0, 0.1) is 0 Å². The van der Waals surface area contributed by atoms with Crippen LogP contribution in [0.15, 0.2) is 24.3 Å². The summed E-state index contributed by atoms with van der Waals surface area (Å²) in [6, 6.07) is 7.16. The van der Waals surface area contributed by atoms with Gasteiger partial charge in [0.15, 0.2) is 0 Å². The molecule has 0 bridgehead atoms. The molecular formula is C32H55NO14. The molecule has 1 N–H and O–H groups in total. The minimum Gasteiger partial charge on any atom is -0.491 e. The maximum atomic E-state index is 11.0. The lowest BCUT2D eigenvalue weighted by Crippen LogP contribution is -2.15. The van der Waals surface area contributed by atoms with E-state index in [0.717, 1.165) is 5.69 Å². The van der Waals surface area contributed by atoms with Gasteiger partial charge < -0.3 is 62.2 Å².